The van der Waals surface area contributed by atoms with Crippen LogP contribution in [-0.2, 0) is 16.1 Å². The Hall–Kier alpha value is -1.17. The van der Waals surface area contributed by atoms with Crippen LogP contribution >= 0.6 is 0 Å². The Balaban J connectivity index is 2.20. The summed E-state index contributed by atoms with van der Waals surface area (Å²) < 4.78 is 15.7. The van der Waals surface area contributed by atoms with E-state index in [-0.39, 0.29) is 6.61 Å². The fourth-order valence-electron chi connectivity index (χ4n) is 1.45. The number of hydrogen-bond donors (Lipinski definition) is 1. The van der Waals surface area contributed by atoms with Gasteiger partial charge in [0.2, 0.25) is 5.88 Å². The molecule has 0 atom stereocenters. The fraction of sp³-hybridized carbons (Fsp3) is 0.615. The largest absolute Gasteiger partial charge is 0.478 e. The van der Waals surface area contributed by atoms with Gasteiger partial charge in [-0.2, -0.15) is 0 Å². The Bertz CT molecular complexity index is 344. The van der Waals surface area contributed by atoms with E-state index < -0.39 is 0 Å². The standard InChI is InChI=1S/C13H21NO4/c1-11-8-12(10-15)9-13(14-11)18-5-3-4-17-7-6-16-2/h8-9,15H,3-7,10H2,1-2H3. The van der Waals surface area contributed by atoms with Gasteiger partial charge in [0, 0.05) is 31.9 Å². The van der Waals surface area contributed by atoms with E-state index in [9.17, 15) is 0 Å². The number of ether oxygens (including phenoxy) is 3. The van der Waals surface area contributed by atoms with Gasteiger partial charge in [-0.1, -0.05) is 0 Å². The molecule has 102 valence electrons. The number of aryl methyl sites for hydroxylation is 1. The molecule has 0 bridgehead atoms. The third-order valence-corrected chi connectivity index (χ3v) is 2.29. The molecule has 0 aromatic carbocycles. The van der Waals surface area contributed by atoms with Gasteiger partial charge in [0.15, 0.2) is 0 Å². The molecule has 1 heterocycles. The van der Waals surface area contributed by atoms with Crippen LogP contribution in [0.2, 0.25) is 0 Å². The highest BCUT2D eigenvalue weighted by atomic mass is 16.5. The van der Waals surface area contributed by atoms with Crippen LogP contribution in [0.3, 0.4) is 0 Å². The topological polar surface area (TPSA) is 60.8 Å². The molecular formula is C13H21NO4. The Labute approximate surface area is 108 Å². The summed E-state index contributed by atoms with van der Waals surface area (Å²) in [7, 11) is 1.65. The summed E-state index contributed by atoms with van der Waals surface area (Å²) in [4.78, 5) is 4.23. The first-order valence-electron chi connectivity index (χ1n) is 6.04. The Morgan fingerprint density at radius 2 is 2.00 bits per heavy atom. The van der Waals surface area contributed by atoms with Gasteiger partial charge in [0.05, 0.1) is 26.4 Å². The Kier molecular flexibility index (Phi) is 7.32. The van der Waals surface area contributed by atoms with Crippen molar-refractivity contribution >= 4 is 0 Å². The highest BCUT2D eigenvalue weighted by Crippen LogP contribution is 2.12. The zero-order valence-corrected chi connectivity index (χ0v) is 11.0. The van der Waals surface area contributed by atoms with E-state index in [0.29, 0.717) is 32.3 Å². The third kappa shape index (κ3) is 5.95. The number of rotatable bonds is 9. The molecule has 18 heavy (non-hydrogen) atoms. The zero-order valence-electron chi connectivity index (χ0n) is 11.0. The number of pyridine rings is 1. The van der Waals surface area contributed by atoms with Crippen molar-refractivity contribution in [2.45, 2.75) is 20.0 Å². The van der Waals surface area contributed by atoms with E-state index in [2.05, 4.69) is 4.98 Å². The Morgan fingerprint density at radius 3 is 2.72 bits per heavy atom. The number of aliphatic hydroxyl groups is 1. The highest BCUT2D eigenvalue weighted by molar-refractivity contribution is 5.23. The van der Waals surface area contributed by atoms with Crippen molar-refractivity contribution in [3.8, 4) is 5.88 Å². The average Bonchev–Trinajstić information content (AvgIpc) is 2.37. The molecule has 5 heteroatoms. The molecule has 0 unspecified atom stereocenters. The predicted octanol–water partition coefficient (Wildman–Crippen LogP) is 1.31. The molecule has 0 fully saturated rings. The summed E-state index contributed by atoms with van der Waals surface area (Å²) >= 11 is 0. The monoisotopic (exact) mass is 255 g/mol. The van der Waals surface area contributed by atoms with Crippen molar-refractivity contribution in [1.82, 2.24) is 4.98 Å². The van der Waals surface area contributed by atoms with Crippen molar-refractivity contribution in [3.63, 3.8) is 0 Å². The molecule has 0 saturated heterocycles. The molecule has 0 aliphatic heterocycles. The van der Waals surface area contributed by atoms with Crippen LogP contribution < -0.4 is 4.74 Å². The number of aliphatic hydroxyl groups excluding tert-OH is 1. The van der Waals surface area contributed by atoms with Crippen molar-refractivity contribution in [2.24, 2.45) is 0 Å². The molecule has 1 N–H and O–H groups in total. The maximum Gasteiger partial charge on any atom is 0.213 e. The summed E-state index contributed by atoms with van der Waals surface area (Å²) in [6.45, 7) is 4.28. The minimum absolute atomic E-state index is 0.000150. The SMILES string of the molecule is COCCOCCCOc1cc(CO)cc(C)n1. The molecule has 1 aromatic heterocycles. The highest BCUT2D eigenvalue weighted by Gasteiger charge is 2.00. The minimum Gasteiger partial charge on any atom is -0.478 e. The van der Waals surface area contributed by atoms with Gasteiger partial charge in [-0.3, -0.25) is 0 Å². The quantitative estimate of drug-likeness (QED) is 0.674. The van der Waals surface area contributed by atoms with E-state index in [4.69, 9.17) is 19.3 Å². The van der Waals surface area contributed by atoms with Crippen molar-refractivity contribution in [3.05, 3.63) is 23.4 Å². The van der Waals surface area contributed by atoms with E-state index in [1.54, 1.807) is 13.2 Å². The van der Waals surface area contributed by atoms with Crippen molar-refractivity contribution in [1.29, 1.82) is 0 Å². The second-order valence-electron chi connectivity index (χ2n) is 3.92. The first-order chi connectivity index (χ1) is 8.76. The zero-order chi connectivity index (χ0) is 13.2. The first kappa shape index (κ1) is 14.9. The van der Waals surface area contributed by atoms with E-state index >= 15 is 0 Å². The van der Waals surface area contributed by atoms with Gasteiger partial charge in [0.1, 0.15) is 0 Å². The molecule has 0 aliphatic carbocycles. The minimum atomic E-state index is -0.000150. The summed E-state index contributed by atoms with van der Waals surface area (Å²) in [6, 6.07) is 3.58. The van der Waals surface area contributed by atoms with Gasteiger partial charge in [-0.25, -0.2) is 4.98 Å². The number of aromatic nitrogens is 1. The summed E-state index contributed by atoms with van der Waals surface area (Å²) in [6.07, 6.45) is 0.799. The second-order valence-corrected chi connectivity index (χ2v) is 3.92. The third-order valence-electron chi connectivity index (χ3n) is 2.29. The molecule has 0 radical (unpaired) electrons. The maximum absolute atomic E-state index is 9.06. The molecule has 0 amide bonds. The van der Waals surface area contributed by atoms with Crippen molar-refractivity contribution < 1.29 is 19.3 Å². The van der Waals surface area contributed by atoms with Crippen LogP contribution in [0.5, 0.6) is 5.88 Å². The number of hydrogen-bond acceptors (Lipinski definition) is 5. The molecule has 5 nitrogen and oxygen atoms in total. The van der Waals surface area contributed by atoms with Crippen LogP contribution in [0.15, 0.2) is 12.1 Å². The predicted molar refractivity (Wildman–Crippen MR) is 67.7 cm³/mol. The maximum atomic E-state index is 9.06. The molecule has 1 aromatic rings. The molecule has 1 rings (SSSR count). The normalized spacial score (nSPS) is 10.6. The van der Waals surface area contributed by atoms with E-state index in [0.717, 1.165) is 17.7 Å². The first-order valence-corrected chi connectivity index (χ1v) is 6.04. The van der Waals surface area contributed by atoms with Crippen LogP contribution in [-0.4, -0.2) is 43.6 Å². The average molecular weight is 255 g/mol. The fourth-order valence-corrected chi connectivity index (χ4v) is 1.45. The lowest BCUT2D eigenvalue weighted by molar-refractivity contribution is 0.0642. The van der Waals surface area contributed by atoms with Gasteiger partial charge < -0.3 is 19.3 Å². The second kappa shape index (κ2) is 8.85. The van der Waals surface area contributed by atoms with Crippen LogP contribution in [0.4, 0.5) is 0 Å². The molecule has 0 aliphatic rings. The van der Waals surface area contributed by atoms with E-state index in [1.165, 1.54) is 0 Å². The van der Waals surface area contributed by atoms with Crippen molar-refractivity contribution in [2.75, 3.05) is 33.5 Å². The summed E-state index contributed by atoms with van der Waals surface area (Å²) in [5, 5.41) is 9.06. The van der Waals surface area contributed by atoms with E-state index in [1.807, 2.05) is 13.0 Å². The lowest BCUT2D eigenvalue weighted by Gasteiger charge is -2.08. The molecule has 0 spiro atoms. The van der Waals surface area contributed by atoms with Gasteiger partial charge in [-0.15, -0.1) is 0 Å². The number of methoxy groups -OCH3 is 1. The number of nitrogens with zero attached hydrogens (tertiary/aromatic N) is 1. The molecule has 0 saturated carbocycles. The molecular weight excluding hydrogens is 234 g/mol. The lowest BCUT2D eigenvalue weighted by Crippen LogP contribution is -2.07. The van der Waals surface area contributed by atoms with Crippen LogP contribution in [0.25, 0.3) is 0 Å². The van der Waals surface area contributed by atoms with Crippen LogP contribution in [0.1, 0.15) is 17.7 Å². The summed E-state index contributed by atoms with van der Waals surface area (Å²) in [5.41, 5.74) is 1.65. The van der Waals surface area contributed by atoms with Crippen LogP contribution in [0, 0.1) is 6.92 Å². The van der Waals surface area contributed by atoms with Gasteiger partial charge in [-0.05, 0) is 18.6 Å². The smallest absolute Gasteiger partial charge is 0.213 e. The van der Waals surface area contributed by atoms with Gasteiger partial charge in [0.25, 0.3) is 0 Å². The lowest BCUT2D eigenvalue weighted by atomic mass is 10.2. The Morgan fingerprint density at radius 1 is 1.17 bits per heavy atom. The summed E-state index contributed by atoms with van der Waals surface area (Å²) in [5.74, 6) is 0.552. The van der Waals surface area contributed by atoms with Gasteiger partial charge >= 0.3 is 0 Å².